The first-order valence-corrected chi connectivity index (χ1v) is 8.14. The summed E-state index contributed by atoms with van der Waals surface area (Å²) in [4.78, 5) is 13.2. The highest BCUT2D eigenvalue weighted by Gasteiger charge is 2.42. The molecule has 0 fully saturated rings. The van der Waals surface area contributed by atoms with Crippen LogP contribution < -0.4 is 0 Å². The summed E-state index contributed by atoms with van der Waals surface area (Å²) in [5, 5.41) is 11.0. The van der Waals surface area contributed by atoms with Crippen molar-refractivity contribution in [3.05, 3.63) is 64.7 Å². The van der Waals surface area contributed by atoms with Gasteiger partial charge in [-0.05, 0) is 29.3 Å². The molecule has 0 spiro atoms. The minimum atomic E-state index is -0.895. The molecule has 3 nitrogen and oxygen atoms in total. The average molecular weight is 335 g/mol. The van der Waals surface area contributed by atoms with Crippen molar-refractivity contribution in [2.45, 2.75) is 16.2 Å². The number of fused-ring (bicyclic) bond motifs is 1. The Hall–Kier alpha value is -1.49. The van der Waals surface area contributed by atoms with Crippen LogP contribution in [0.1, 0.15) is 22.5 Å². The quantitative estimate of drug-likeness (QED) is 0.843. The third-order valence-corrected chi connectivity index (χ3v) is 5.49. The van der Waals surface area contributed by atoms with E-state index in [2.05, 4.69) is 0 Å². The molecule has 5 heteroatoms. The second kappa shape index (κ2) is 6.32. The second-order valence-electron chi connectivity index (χ2n) is 5.13. The summed E-state index contributed by atoms with van der Waals surface area (Å²) in [6.45, 7) is 0. The number of thioether (sulfide) groups is 1. The maximum Gasteiger partial charge on any atom is 0.313 e. The average Bonchev–Trinajstić information content (AvgIpc) is 2.54. The van der Waals surface area contributed by atoms with Crippen LogP contribution in [0.3, 0.4) is 0 Å². The van der Waals surface area contributed by atoms with Crippen molar-refractivity contribution in [2.24, 2.45) is 5.92 Å². The number of ether oxygens (including phenoxy) is 1. The minimum Gasteiger partial charge on any atom is -0.469 e. The van der Waals surface area contributed by atoms with Gasteiger partial charge in [0.25, 0.3) is 0 Å². The number of rotatable bonds is 2. The van der Waals surface area contributed by atoms with Crippen molar-refractivity contribution in [2.75, 3.05) is 7.11 Å². The number of methoxy groups -OCH3 is 1. The first kappa shape index (κ1) is 15.4. The van der Waals surface area contributed by atoms with E-state index in [0.717, 1.165) is 16.0 Å². The van der Waals surface area contributed by atoms with Gasteiger partial charge in [-0.25, -0.2) is 0 Å². The zero-order chi connectivity index (χ0) is 15.7. The van der Waals surface area contributed by atoms with Gasteiger partial charge >= 0.3 is 5.97 Å². The van der Waals surface area contributed by atoms with Crippen LogP contribution in [0.5, 0.6) is 0 Å². The van der Waals surface area contributed by atoms with Crippen molar-refractivity contribution in [1.29, 1.82) is 0 Å². The Bertz CT molecular complexity index is 704. The van der Waals surface area contributed by atoms with Gasteiger partial charge in [-0.15, -0.1) is 11.8 Å². The number of hydrogen-bond acceptors (Lipinski definition) is 4. The van der Waals surface area contributed by atoms with E-state index in [9.17, 15) is 9.90 Å². The molecule has 0 unspecified atom stereocenters. The molecule has 2 aromatic carbocycles. The fraction of sp³-hybridized carbons (Fsp3) is 0.235. The zero-order valence-electron chi connectivity index (χ0n) is 11.9. The molecule has 1 aliphatic rings. The molecule has 0 aliphatic carbocycles. The summed E-state index contributed by atoms with van der Waals surface area (Å²) in [7, 11) is 1.34. The van der Waals surface area contributed by atoms with Gasteiger partial charge in [-0.1, -0.05) is 41.9 Å². The van der Waals surface area contributed by atoms with Crippen LogP contribution in [0.2, 0.25) is 5.02 Å². The van der Waals surface area contributed by atoms with E-state index in [1.807, 2.05) is 42.5 Å². The van der Waals surface area contributed by atoms with Crippen LogP contribution in [0, 0.1) is 5.92 Å². The van der Waals surface area contributed by atoms with E-state index in [4.69, 9.17) is 16.3 Å². The lowest BCUT2D eigenvalue weighted by molar-refractivity contribution is -0.150. The molecule has 1 heterocycles. The molecular weight excluding hydrogens is 320 g/mol. The summed E-state index contributed by atoms with van der Waals surface area (Å²) >= 11 is 7.63. The van der Waals surface area contributed by atoms with Crippen molar-refractivity contribution in [3.63, 3.8) is 0 Å². The topological polar surface area (TPSA) is 46.5 Å². The lowest BCUT2D eigenvalue weighted by Gasteiger charge is -2.35. The maximum absolute atomic E-state index is 12.2. The number of carbonyl (C=O) groups excluding carboxylic acids is 1. The van der Waals surface area contributed by atoms with Crippen molar-refractivity contribution in [1.82, 2.24) is 0 Å². The number of esters is 1. The second-order valence-corrected chi connectivity index (χ2v) is 6.74. The fourth-order valence-corrected chi connectivity index (χ4v) is 4.39. The van der Waals surface area contributed by atoms with Crippen molar-refractivity contribution in [3.8, 4) is 0 Å². The van der Waals surface area contributed by atoms with Gasteiger partial charge in [0, 0.05) is 9.92 Å². The normalized spacial score (nSPS) is 23.7. The van der Waals surface area contributed by atoms with Gasteiger partial charge in [0.1, 0.15) is 5.92 Å². The van der Waals surface area contributed by atoms with E-state index in [1.54, 1.807) is 17.8 Å². The third kappa shape index (κ3) is 2.74. The zero-order valence-corrected chi connectivity index (χ0v) is 13.5. The Morgan fingerprint density at radius 3 is 2.73 bits per heavy atom. The molecule has 22 heavy (non-hydrogen) atoms. The van der Waals surface area contributed by atoms with Crippen LogP contribution in [0.25, 0.3) is 0 Å². The third-order valence-electron chi connectivity index (χ3n) is 3.81. The van der Waals surface area contributed by atoms with E-state index in [-0.39, 0.29) is 5.25 Å². The number of halogens is 1. The van der Waals surface area contributed by atoms with Gasteiger partial charge in [0.2, 0.25) is 0 Å². The summed E-state index contributed by atoms with van der Waals surface area (Å²) in [6.07, 6.45) is -0.895. The van der Waals surface area contributed by atoms with Crippen LogP contribution in [0.15, 0.2) is 53.4 Å². The fourth-order valence-electron chi connectivity index (χ4n) is 2.75. The smallest absolute Gasteiger partial charge is 0.313 e. The van der Waals surface area contributed by atoms with Gasteiger partial charge in [-0.2, -0.15) is 0 Å². The van der Waals surface area contributed by atoms with Crippen LogP contribution in [-0.4, -0.2) is 18.2 Å². The maximum atomic E-state index is 12.2. The lowest BCUT2D eigenvalue weighted by atomic mass is 9.88. The molecule has 2 aromatic rings. The predicted molar refractivity (Wildman–Crippen MR) is 87.0 cm³/mol. The molecule has 0 radical (unpaired) electrons. The Morgan fingerprint density at radius 1 is 1.23 bits per heavy atom. The standard InChI is InChI=1S/C17H15ClO3S/c1-21-17(20)14-15(19)12-7-2-3-8-13(12)22-16(14)10-5-4-6-11(18)9-10/h2-9,14-16,19H,1H3/t14-,15+,16-/m0/s1. The monoisotopic (exact) mass is 334 g/mol. The molecule has 0 saturated heterocycles. The molecule has 0 bridgehead atoms. The van der Waals surface area contributed by atoms with Crippen LogP contribution in [-0.2, 0) is 9.53 Å². The molecule has 1 aliphatic heterocycles. The summed E-state index contributed by atoms with van der Waals surface area (Å²) in [5.41, 5.74) is 1.67. The molecule has 0 saturated carbocycles. The highest BCUT2D eigenvalue weighted by Crippen LogP contribution is 2.52. The van der Waals surface area contributed by atoms with Crippen molar-refractivity contribution < 1.29 is 14.6 Å². The van der Waals surface area contributed by atoms with E-state index in [0.29, 0.717) is 5.02 Å². The van der Waals surface area contributed by atoms with Gasteiger partial charge < -0.3 is 9.84 Å². The number of benzene rings is 2. The van der Waals surface area contributed by atoms with E-state index >= 15 is 0 Å². The van der Waals surface area contributed by atoms with Gasteiger partial charge in [0.05, 0.1) is 18.5 Å². The Balaban J connectivity index is 2.09. The molecule has 0 amide bonds. The highest BCUT2D eigenvalue weighted by atomic mass is 35.5. The number of aliphatic hydroxyl groups excluding tert-OH is 1. The molecule has 0 aromatic heterocycles. The van der Waals surface area contributed by atoms with E-state index < -0.39 is 18.0 Å². The van der Waals surface area contributed by atoms with Gasteiger partial charge in [0.15, 0.2) is 0 Å². The molecule has 114 valence electrons. The highest BCUT2D eigenvalue weighted by molar-refractivity contribution is 7.99. The molecular formula is C17H15ClO3S. The van der Waals surface area contributed by atoms with Crippen LogP contribution in [0.4, 0.5) is 0 Å². The number of carbonyl (C=O) groups is 1. The first-order valence-electron chi connectivity index (χ1n) is 6.88. The SMILES string of the molecule is COC(=O)[C@H]1[C@H](O)c2ccccc2S[C@H]1c1cccc(Cl)c1. The lowest BCUT2D eigenvalue weighted by Crippen LogP contribution is -2.31. The number of hydrogen-bond donors (Lipinski definition) is 1. The first-order chi connectivity index (χ1) is 10.6. The summed E-state index contributed by atoms with van der Waals surface area (Å²) in [5.74, 6) is -1.08. The van der Waals surface area contributed by atoms with E-state index in [1.165, 1.54) is 7.11 Å². The summed E-state index contributed by atoms with van der Waals surface area (Å²) < 4.78 is 4.91. The molecule has 3 atom stereocenters. The van der Waals surface area contributed by atoms with Crippen molar-refractivity contribution >= 4 is 29.3 Å². The molecule has 1 N–H and O–H groups in total. The minimum absolute atomic E-state index is 0.240. The Kier molecular flexibility index (Phi) is 4.43. The van der Waals surface area contributed by atoms with Gasteiger partial charge in [-0.3, -0.25) is 4.79 Å². The van der Waals surface area contributed by atoms with Crippen LogP contribution >= 0.6 is 23.4 Å². The molecule has 3 rings (SSSR count). The number of aliphatic hydroxyl groups is 1. The predicted octanol–water partition coefficient (Wildman–Crippen LogP) is 4.01. The Morgan fingerprint density at radius 2 is 2.00 bits per heavy atom. The Labute approximate surface area is 138 Å². The summed E-state index contributed by atoms with van der Waals surface area (Å²) in [6, 6.07) is 15.0. The largest absolute Gasteiger partial charge is 0.469 e.